The summed E-state index contributed by atoms with van der Waals surface area (Å²) in [6.45, 7) is 0. The Morgan fingerprint density at radius 1 is 0.667 bits per heavy atom. The fourth-order valence-electron chi connectivity index (χ4n) is 0. The van der Waals surface area contributed by atoms with Crippen LogP contribution in [0, 0.1) is 0 Å². The number of halogens is 1. The molecule has 4 radical (unpaired) electrons. The first-order valence-corrected chi connectivity index (χ1v) is 0. The Hall–Kier alpha value is 0.559. The van der Waals surface area contributed by atoms with Crippen molar-refractivity contribution in [3.8, 4) is 0 Å². The molecule has 0 spiro atoms. The van der Waals surface area contributed by atoms with Crippen LogP contribution in [0.4, 0.5) is 0 Å². The molecule has 6 heteroatoms. The molecule has 0 aromatic rings. The Morgan fingerprint density at radius 2 is 0.667 bits per heavy atom. The van der Waals surface area contributed by atoms with Crippen molar-refractivity contribution >= 4 is 28.3 Å². The molecule has 0 aromatic heterocycles. The van der Waals surface area contributed by atoms with Crippen LogP contribution in [0.25, 0.3) is 0 Å². The molecular weight excluding hydrogens is 122 g/mol. The fraction of sp³-hybridized carbons (Fsp3) is 0. The van der Waals surface area contributed by atoms with Crippen molar-refractivity contribution in [1.29, 1.82) is 0 Å². The van der Waals surface area contributed by atoms with E-state index in [4.69, 9.17) is 0 Å². The van der Waals surface area contributed by atoms with Crippen LogP contribution >= 0.6 is 0 Å². The van der Waals surface area contributed by atoms with Crippen LogP contribution in [0.1, 0.15) is 0 Å². The van der Waals surface area contributed by atoms with Crippen molar-refractivity contribution in [2.45, 2.75) is 0 Å². The molecule has 0 aliphatic carbocycles. The molecule has 0 bridgehead atoms. The molecular formula is H6AlFO3Si+2. The Bertz CT molecular complexity index is 10.8. The zero-order chi connectivity index (χ0) is 0. The van der Waals surface area contributed by atoms with E-state index < -0.39 is 0 Å². The first-order valence-electron chi connectivity index (χ1n) is 0. The molecule has 0 unspecified atom stereocenters. The Kier molecular flexibility index (Phi) is 39900. The molecule has 0 aliphatic rings. The van der Waals surface area contributed by atoms with Crippen LogP contribution in [0.5, 0.6) is 0 Å². The van der Waals surface area contributed by atoms with Crippen molar-refractivity contribution in [1.82, 2.24) is 0 Å². The Labute approximate surface area is 50.2 Å². The van der Waals surface area contributed by atoms with E-state index in [0.29, 0.717) is 0 Å². The second-order valence-corrected chi connectivity index (χ2v) is 0. The van der Waals surface area contributed by atoms with Gasteiger partial charge in [0.25, 0.3) is 0 Å². The average Bonchev–Trinajstić information content (AvgIpc) is 0. The summed E-state index contributed by atoms with van der Waals surface area (Å²) in [5.74, 6) is 0. The summed E-state index contributed by atoms with van der Waals surface area (Å²) < 4.78 is 0. The van der Waals surface area contributed by atoms with Crippen LogP contribution in [0.15, 0.2) is 0 Å². The predicted octanol–water partition coefficient (Wildman–Crippen LogP) is -6.23. The molecule has 0 amide bonds. The maximum Gasteiger partial charge on any atom is 3.00 e. The van der Waals surface area contributed by atoms with Crippen LogP contribution in [0.2, 0.25) is 0 Å². The second-order valence-electron chi connectivity index (χ2n) is 0. The van der Waals surface area contributed by atoms with Gasteiger partial charge in [0.1, 0.15) is 0 Å². The van der Waals surface area contributed by atoms with Gasteiger partial charge in [-0.25, -0.2) is 0 Å². The van der Waals surface area contributed by atoms with E-state index in [-0.39, 0.29) is 49.5 Å². The van der Waals surface area contributed by atoms with Gasteiger partial charge in [0, 0.05) is 11.0 Å². The van der Waals surface area contributed by atoms with Gasteiger partial charge in [0.2, 0.25) is 0 Å². The van der Waals surface area contributed by atoms with Crippen molar-refractivity contribution in [3.05, 3.63) is 0 Å². The summed E-state index contributed by atoms with van der Waals surface area (Å²) in [5, 5.41) is 0. The van der Waals surface area contributed by atoms with Gasteiger partial charge in [-0.2, -0.15) is 0 Å². The molecule has 36 valence electrons. The Balaban J connectivity index is 0. The standard InChI is InChI=1S/Al.FH.3H2O.Si/h;1H;3*1H2;/q+3;;;;;/p-1. The molecule has 6 heavy (non-hydrogen) atoms. The number of hydrogen-bond acceptors (Lipinski definition) is 0. The maximum atomic E-state index is 0. The minimum atomic E-state index is 0. The molecule has 0 heterocycles. The van der Waals surface area contributed by atoms with E-state index in [0.717, 1.165) is 0 Å². The van der Waals surface area contributed by atoms with Crippen molar-refractivity contribution < 1.29 is 21.1 Å². The van der Waals surface area contributed by atoms with Crippen LogP contribution in [0.3, 0.4) is 0 Å². The van der Waals surface area contributed by atoms with Gasteiger partial charge in [-0.05, 0) is 0 Å². The summed E-state index contributed by atoms with van der Waals surface area (Å²) in [6.07, 6.45) is 0. The van der Waals surface area contributed by atoms with Gasteiger partial charge in [-0.1, -0.05) is 0 Å². The van der Waals surface area contributed by atoms with Gasteiger partial charge < -0.3 is 21.1 Å². The SMILES string of the molecule is O.O.O.[Al+3].[F-].[Si]. The molecule has 0 aromatic carbocycles. The van der Waals surface area contributed by atoms with Crippen molar-refractivity contribution in [2.24, 2.45) is 0 Å². The van der Waals surface area contributed by atoms with Gasteiger partial charge in [-0.3, -0.25) is 0 Å². The van der Waals surface area contributed by atoms with Gasteiger partial charge in [-0.15, -0.1) is 0 Å². The smallest absolute Gasteiger partial charge is 1.00 e. The quantitative estimate of drug-likeness (QED) is 0.290. The van der Waals surface area contributed by atoms with Crippen molar-refractivity contribution in [2.75, 3.05) is 0 Å². The molecule has 0 saturated carbocycles. The molecule has 0 aliphatic heterocycles. The van der Waals surface area contributed by atoms with Crippen LogP contribution < -0.4 is 4.70 Å². The summed E-state index contributed by atoms with van der Waals surface area (Å²) >= 11 is 0. The third kappa shape index (κ3) is 185. The number of hydrogen-bond donors (Lipinski definition) is 0. The van der Waals surface area contributed by atoms with E-state index in [9.17, 15) is 0 Å². The normalized spacial score (nSPS) is 0. The van der Waals surface area contributed by atoms with Crippen LogP contribution in [-0.2, 0) is 0 Å². The number of rotatable bonds is 0. The molecule has 0 atom stereocenters. The van der Waals surface area contributed by atoms with E-state index in [2.05, 4.69) is 0 Å². The third-order valence-corrected chi connectivity index (χ3v) is 0. The summed E-state index contributed by atoms with van der Waals surface area (Å²) in [6, 6.07) is 0. The molecule has 3 nitrogen and oxygen atoms in total. The topological polar surface area (TPSA) is 94.5 Å². The summed E-state index contributed by atoms with van der Waals surface area (Å²) in [5.41, 5.74) is 0. The average molecular weight is 128 g/mol. The van der Waals surface area contributed by atoms with E-state index in [1.807, 2.05) is 0 Å². The van der Waals surface area contributed by atoms with E-state index in [1.54, 1.807) is 0 Å². The monoisotopic (exact) mass is 128 g/mol. The molecule has 0 fully saturated rings. The summed E-state index contributed by atoms with van der Waals surface area (Å²) in [4.78, 5) is 0. The maximum absolute atomic E-state index is 0. The zero-order valence-electron chi connectivity index (χ0n) is 2.96. The van der Waals surface area contributed by atoms with Gasteiger partial charge in [0.15, 0.2) is 0 Å². The van der Waals surface area contributed by atoms with E-state index >= 15 is 0 Å². The third-order valence-electron chi connectivity index (χ3n) is 0. The minimum Gasteiger partial charge on any atom is -1.00 e. The predicted molar refractivity (Wildman–Crippen MR) is 22.3 cm³/mol. The van der Waals surface area contributed by atoms with Gasteiger partial charge in [0.05, 0.1) is 0 Å². The van der Waals surface area contributed by atoms with E-state index in [1.165, 1.54) is 0 Å². The minimum absolute atomic E-state index is 0. The molecule has 0 saturated heterocycles. The zero-order valence-corrected chi connectivity index (χ0v) is 5.11. The Morgan fingerprint density at radius 3 is 0.667 bits per heavy atom. The largest absolute Gasteiger partial charge is 3.00 e. The molecule has 0 rings (SSSR count). The van der Waals surface area contributed by atoms with Crippen LogP contribution in [-0.4, -0.2) is 44.8 Å². The van der Waals surface area contributed by atoms with Gasteiger partial charge >= 0.3 is 17.4 Å². The fourth-order valence-corrected chi connectivity index (χ4v) is 0. The molecule has 6 N–H and O–H groups in total. The summed E-state index contributed by atoms with van der Waals surface area (Å²) in [7, 11) is 0. The first kappa shape index (κ1) is 648. The second kappa shape index (κ2) is 369. The first-order chi connectivity index (χ1) is 0. The van der Waals surface area contributed by atoms with Crippen molar-refractivity contribution in [3.63, 3.8) is 0 Å².